The molecule has 0 fully saturated rings. The van der Waals surface area contributed by atoms with Gasteiger partial charge < -0.3 is 4.74 Å². The summed E-state index contributed by atoms with van der Waals surface area (Å²) in [4.78, 5) is 14.5. The van der Waals surface area contributed by atoms with Gasteiger partial charge in [-0.3, -0.25) is 0 Å². The van der Waals surface area contributed by atoms with Gasteiger partial charge in [-0.2, -0.15) is 13.2 Å². The molecule has 15 heavy (non-hydrogen) atoms. The smallest absolute Gasteiger partial charge is 0.416 e. The van der Waals surface area contributed by atoms with Gasteiger partial charge in [0.25, 0.3) is 0 Å². The van der Waals surface area contributed by atoms with Crippen LogP contribution in [0.1, 0.15) is 21.6 Å². The Morgan fingerprint density at radius 3 is 2.53 bits per heavy atom. The summed E-state index contributed by atoms with van der Waals surface area (Å²) < 4.78 is 41.5. The SMILES string of the molecule is COC(=O)c1cc(C(F)(F)F)c(C)cn1. The van der Waals surface area contributed by atoms with Crippen LogP contribution in [0.4, 0.5) is 13.2 Å². The zero-order valence-corrected chi connectivity index (χ0v) is 8.05. The van der Waals surface area contributed by atoms with Crippen molar-refractivity contribution in [1.29, 1.82) is 0 Å². The van der Waals surface area contributed by atoms with E-state index in [0.29, 0.717) is 6.07 Å². The van der Waals surface area contributed by atoms with Crippen LogP contribution in [0.25, 0.3) is 0 Å². The fraction of sp³-hybridized carbons (Fsp3) is 0.333. The fourth-order valence-electron chi connectivity index (χ4n) is 1.05. The number of carbonyl (C=O) groups is 1. The van der Waals surface area contributed by atoms with E-state index in [4.69, 9.17) is 0 Å². The molecule has 0 saturated carbocycles. The van der Waals surface area contributed by atoms with Crippen molar-refractivity contribution in [2.75, 3.05) is 7.11 Å². The molecule has 0 spiro atoms. The molecule has 0 aromatic carbocycles. The number of ether oxygens (including phenoxy) is 1. The summed E-state index contributed by atoms with van der Waals surface area (Å²) in [6, 6.07) is 0.682. The molecule has 0 aliphatic carbocycles. The van der Waals surface area contributed by atoms with Crippen LogP contribution in [-0.2, 0) is 10.9 Å². The van der Waals surface area contributed by atoms with Gasteiger partial charge in [0, 0.05) is 6.20 Å². The van der Waals surface area contributed by atoms with Gasteiger partial charge in [-0.15, -0.1) is 0 Å². The molecule has 1 aromatic heterocycles. The van der Waals surface area contributed by atoms with E-state index in [1.54, 1.807) is 0 Å². The van der Waals surface area contributed by atoms with Crippen LogP contribution in [0.5, 0.6) is 0 Å². The van der Waals surface area contributed by atoms with Gasteiger partial charge in [-0.05, 0) is 18.6 Å². The highest BCUT2D eigenvalue weighted by atomic mass is 19.4. The van der Waals surface area contributed by atoms with Crippen LogP contribution in [0, 0.1) is 6.92 Å². The van der Waals surface area contributed by atoms with Crippen molar-refractivity contribution in [3.05, 3.63) is 29.1 Å². The molecule has 1 aromatic rings. The molecule has 0 unspecified atom stereocenters. The van der Waals surface area contributed by atoms with Crippen LogP contribution in [0.15, 0.2) is 12.3 Å². The molecule has 0 bridgehead atoms. The average molecular weight is 219 g/mol. The number of aromatic nitrogens is 1. The molecule has 0 radical (unpaired) electrons. The Morgan fingerprint density at radius 2 is 2.07 bits per heavy atom. The van der Waals surface area contributed by atoms with Gasteiger partial charge in [-0.1, -0.05) is 0 Å². The lowest BCUT2D eigenvalue weighted by Crippen LogP contribution is -2.12. The normalized spacial score (nSPS) is 11.3. The summed E-state index contributed by atoms with van der Waals surface area (Å²) in [5.74, 6) is -0.888. The largest absolute Gasteiger partial charge is 0.464 e. The molecule has 1 heterocycles. The van der Waals surface area contributed by atoms with E-state index in [1.807, 2.05) is 0 Å². The highest BCUT2D eigenvalue weighted by Crippen LogP contribution is 2.31. The minimum absolute atomic E-state index is 0.0323. The van der Waals surface area contributed by atoms with E-state index < -0.39 is 17.7 Å². The molecule has 0 saturated heterocycles. The Labute approximate surface area is 83.9 Å². The number of carbonyl (C=O) groups excluding carboxylic acids is 1. The molecule has 3 nitrogen and oxygen atoms in total. The maximum atomic E-state index is 12.4. The zero-order chi connectivity index (χ0) is 11.6. The molecule has 0 aliphatic rings. The minimum atomic E-state index is -4.49. The summed E-state index contributed by atoms with van der Waals surface area (Å²) in [7, 11) is 1.08. The van der Waals surface area contributed by atoms with Crippen molar-refractivity contribution >= 4 is 5.97 Å². The second kappa shape index (κ2) is 3.88. The first kappa shape index (κ1) is 11.5. The van der Waals surface area contributed by atoms with Crippen molar-refractivity contribution in [3.63, 3.8) is 0 Å². The van der Waals surface area contributed by atoms with Crippen molar-refractivity contribution < 1.29 is 22.7 Å². The predicted octanol–water partition coefficient (Wildman–Crippen LogP) is 2.20. The number of esters is 1. The number of nitrogens with zero attached hydrogens (tertiary/aromatic N) is 1. The van der Waals surface area contributed by atoms with Crippen LogP contribution < -0.4 is 0 Å². The molecule has 0 atom stereocenters. The Bertz CT molecular complexity index is 387. The standard InChI is InChI=1S/C9H8F3NO2/c1-5-4-13-7(8(14)15-2)3-6(5)9(10,11)12/h3-4H,1-2H3. The highest BCUT2D eigenvalue weighted by Gasteiger charge is 2.33. The summed E-state index contributed by atoms with van der Waals surface area (Å²) in [6.45, 7) is 1.27. The van der Waals surface area contributed by atoms with Crippen molar-refractivity contribution in [1.82, 2.24) is 4.98 Å². The van der Waals surface area contributed by atoms with Gasteiger partial charge in [0.1, 0.15) is 5.69 Å². The summed E-state index contributed by atoms with van der Waals surface area (Å²) in [5, 5.41) is 0. The zero-order valence-electron chi connectivity index (χ0n) is 8.05. The number of halogens is 3. The summed E-state index contributed by atoms with van der Waals surface area (Å²) in [6.07, 6.45) is -3.50. The Balaban J connectivity index is 3.23. The Morgan fingerprint density at radius 1 is 1.47 bits per heavy atom. The van der Waals surface area contributed by atoms with Crippen molar-refractivity contribution in [3.8, 4) is 0 Å². The quantitative estimate of drug-likeness (QED) is 0.679. The number of alkyl halides is 3. The number of methoxy groups -OCH3 is 1. The monoisotopic (exact) mass is 219 g/mol. The molecule has 1 rings (SSSR count). The lowest BCUT2D eigenvalue weighted by atomic mass is 10.1. The van der Waals surface area contributed by atoms with Crippen molar-refractivity contribution in [2.45, 2.75) is 13.1 Å². The van der Waals surface area contributed by atoms with Gasteiger partial charge in [0.15, 0.2) is 0 Å². The lowest BCUT2D eigenvalue weighted by molar-refractivity contribution is -0.138. The first-order valence-electron chi connectivity index (χ1n) is 3.98. The predicted molar refractivity (Wildman–Crippen MR) is 45.3 cm³/mol. The van der Waals surface area contributed by atoms with Crippen LogP contribution in [0.3, 0.4) is 0 Å². The number of hydrogen-bond acceptors (Lipinski definition) is 3. The molecule has 0 aliphatic heterocycles. The summed E-state index contributed by atoms with van der Waals surface area (Å²) >= 11 is 0. The van der Waals surface area contributed by atoms with E-state index in [-0.39, 0.29) is 11.3 Å². The second-order valence-electron chi connectivity index (χ2n) is 2.87. The first-order valence-corrected chi connectivity index (χ1v) is 3.98. The fourth-order valence-corrected chi connectivity index (χ4v) is 1.05. The number of rotatable bonds is 1. The second-order valence-corrected chi connectivity index (χ2v) is 2.87. The molecule has 0 amide bonds. The summed E-state index contributed by atoms with van der Waals surface area (Å²) in [5.41, 5.74) is -1.26. The van der Waals surface area contributed by atoms with E-state index in [2.05, 4.69) is 9.72 Å². The molecule has 6 heteroatoms. The van der Waals surface area contributed by atoms with E-state index >= 15 is 0 Å². The average Bonchev–Trinajstić information content (AvgIpc) is 2.15. The Hall–Kier alpha value is -1.59. The third-order valence-electron chi connectivity index (χ3n) is 1.80. The topological polar surface area (TPSA) is 39.2 Å². The molecular formula is C9H8F3NO2. The number of pyridine rings is 1. The highest BCUT2D eigenvalue weighted by molar-refractivity contribution is 5.87. The first-order chi connectivity index (χ1) is 6.86. The third-order valence-corrected chi connectivity index (χ3v) is 1.80. The lowest BCUT2D eigenvalue weighted by Gasteiger charge is -2.10. The van der Waals surface area contributed by atoms with Crippen molar-refractivity contribution in [2.24, 2.45) is 0 Å². The van der Waals surface area contributed by atoms with Gasteiger partial charge in [-0.25, -0.2) is 9.78 Å². The minimum Gasteiger partial charge on any atom is -0.464 e. The van der Waals surface area contributed by atoms with E-state index in [1.165, 1.54) is 6.92 Å². The van der Waals surface area contributed by atoms with Gasteiger partial charge in [0.2, 0.25) is 0 Å². The van der Waals surface area contributed by atoms with Gasteiger partial charge >= 0.3 is 12.1 Å². The molecule has 82 valence electrons. The molecule has 0 N–H and O–H groups in total. The van der Waals surface area contributed by atoms with Crippen LogP contribution >= 0.6 is 0 Å². The van der Waals surface area contributed by atoms with E-state index in [9.17, 15) is 18.0 Å². The van der Waals surface area contributed by atoms with Crippen LogP contribution in [0.2, 0.25) is 0 Å². The Kier molecular flexibility index (Phi) is 2.97. The molecular weight excluding hydrogens is 211 g/mol. The van der Waals surface area contributed by atoms with Crippen LogP contribution in [-0.4, -0.2) is 18.1 Å². The van der Waals surface area contributed by atoms with E-state index in [0.717, 1.165) is 13.3 Å². The number of aryl methyl sites for hydroxylation is 1. The van der Waals surface area contributed by atoms with Gasteiger partial charge in [0.05, 0.1) is 12.7 Å². The maximum Gasteiger partial charge on any atom is 0.416 e. The third kappa shape index (κ3) is 2.45. The maximum absolute atomic E-state index is 12.4. The number of hydrogen-bond donors (Lipinski definition) is 0.